The lowest BCUT2D eigenvalue weighted by Crippen LogP contribution is -2.49. The average molecular weight is 458 g/mol. The molecular weight excluding hydrogens is 429 g/mol. The first kappa shape index (κ1) is 23.0. The van der Waals surface area contributed by atoms with Gasteiger partial charge in [0.2, 0.25) is 0 Å². The van der Waals surface area contributed by atoms with Crippen LogP contribution >= 0.6 is 11.6 Å². The van der Waals surface area contributed by atoms with Gasteiger partial charge in [-0.15, -0.1) is 0 Å². The van der Waals surface area contributed by atoms with Crippen LogP contribution < -0.4 is 4.74 Å². The van der Waals surface area contributed by atoms with Crippen molar-refractivity contribution < 1.29 is 19.3 Å². The van der Waals surface area contributed by atoms with Gasteiger partial charge >= 0.3 is 0 Å². The number of nitrogens with zero attached hydrogens (tertiary/aromatic N) is 1. The van der Waals surface area contributed by atoms with Gasteiger partial charge in [0.15, 0.2) is 0 Å². The van der Waals surface area contributed by atoms with Crippen molar-refractivity contribution in [1.82, 2.24) is 4.90 Å². The summed E-state index contributed by atoms with van der Waals surface area (Å²) >= 11 is 6.41. The molecule has 1 fully saturated rings. The highest BCUT2D eigenvalue weighted by atomic mass is 35.5. The van der Waals surface area contributed by atoms with Gasteiger partial charge in [-0.2, -0.15) is 0 Å². The first-order valence-electron chi connectivity index (χ1n) is 10.9. The Hall–Kier alpha value is -2.18. The van der Waals surface area contributed by atoms with E-state index in [0.717, 1.165) is 21.9 Å². The summed E-state index contributed by atoms with van der Waals surface area (Å²) in [5.41, 5.74) is 0.956. The van der Waals surface area contributed by atoms with Gasteiger partial charge in [-0.05, 0) is 60.5 Å². The summed E-state index contributed by atoms with van der Waals surface area (Å²) < 4.78 is 18.4. The number of hydrogen-bond donors (Lipinski definition) is 2. The molecule has 0 bridgehead atoms. The number of fused-ring (bicyclic) bond motifs is 1. The first-order chi connectivity index (χ1) is 15.3. The van der Waals surface area contributed by atoms with Crippen molar-refractivity contribution in [3.05, 3.63) is 76.6 Å². The molecule has 1 heterocycles. The van der Waals surface area contributed by atoms with Gasteiger partial charge in [0.1, 0.15) is 11.6 Å². The lowest BCUT2D eigenvalue weighted by molar-refractivity contribution is -0.0456. The Morgan fingerprint density at radius 3 is 2.44 bits per heavy atom. The summed E-state index contributed by atoms with van der Waals surface area (Å²) in [6.07, 6.45) is 1.05. The molecule has 2 unspecified atom stereocenters. The summed E-state index contributed by atoms with van der Waals surface area (Å²) in [4.78, 5) is 2.22. The lowest BCUT2D eigenvalue weighted by Gasteiger charge is -2.42. The van der Waals surface area contributed by atoms with Gasteiger partial charge in [-0.3, -0.25) is 4.90 Å². The zero-order valence-corrected chi connectivity index (χ0v) is 19.1. The molecule has 0 radical (unpaired) electrons. The van der Waals surface area contributed by atoms with Crippen LogP contribution in [0.15, 0.2) is 54.6 Å². The minimum atomic E-state index is -0.808. The van der Waals surface area contributed by atoms with E-state index < -0.39 is 11.7 Å². The fraction of sp³-hybridized carbons (Fsp3) is 0.385. The van der Waals surface area contributed by atoms with Crippen LogP contribution in [0.5, 0.6) is 5.75 Å². The normalized spacial score (nSPS) is 18.4. The molecule has 1 saturated heterocycles. The molecule has 0 aliphatic carbocycles. The molecule has 6 heteroatoms. The Kier molecular flexibility index (Phi) is 6.72. The topological polar surface area (TPSA) is 52.9 Å². The molecule has 2 atom stereocenters. The van der Waals surface area contributed by atoms with Gasteiger partial charge in [-0.1, -0.05) is 41.9 Å². The number of rotatable bonds is 6. The maximum Gasteiger partial charge on any atom is 0.138 e. The van der Waals surface area contributed by atoms with E-state index >= 15 is 0 Å². The number of methoxy groups -OCH3 is 1. The van der Waals surface area contributed by atoms with Crippen LogP contribution in [0.25, 0.3) is 10.8 Å². The summed E-state index contributed by atoms with van der Waals surface area (Å²) in [5, 5.41) is 24.5. The lowest BCUT2D eigenvalue weighted by atomic mass is 9.84. The minimum Gasteiger partial charge on any atom is -0.495 e. The van der Waals surface area contributed by atoms with E-state index in [1.165, 1.54) is 12.1 Å². The van der Waals surface area contributed by atoms with Crippen molar-refractivity contribution in [2.45, 2.75) is 43.9 Å². The number of halogens is 2. The van der Waals surface area contributed by atoms with Crippen LogP contribution in [0, 0.1) is 5.82 Å². The van der Waals surface area contributed by atoms with E-state index in [1.807, 2.05) is 37.3 Å². The molecule has 0 amide bonds. The van der Waals surface area contributed by atoms with E-state index in [1.54, 1.807) is 19.2 Å². The molecule has 2 N–H and O–H groups in total. The van der Waals surface area contributed by atoms with E-state index in [-0.39, 0.29) is 11.9 Å². The maximum atomic E-state index is 13.2. The molecule has 0 spiro atoms. The first-order valence-corrected chi connectivity index (χ1v) is 11.3. The van der Waals surface area contributed by atoms with Crippen molar-refractivity contribution in [2.75, 3.05) is 20.2 Å². The zero-order valence-electron chi connectivity index (χ0n) is 18.4. The predicted octanol–water partition coefficient (Wildman–Crippen LogP) is 5.13. The number of benzene rings is 3. The third-order valence-electron chi connectivity index (χ3n) is 6.71. The monoisotopic (exact) mass is 457 g/mol. The number of aliphatic hydroxyl groups is 2. The SMILES string of the molecule is COc1ccc2cc(C(O)C(C)N3CCC(O)(Cc4ccc(F)cc4)CC3)ccc2c1Cl. The highest BCUT2D eigenvalue weighted by molar-refractivity contribution is 6.37. The maximum absolute atomic E-state index is 13.2. The van der Waals surface area contributed by atoms with E-state index in [0.29, 0.717) is 43.1 Å². The molecular formula is C26H29ClFNO3. The Balaban J connectivity index is 1.42. The smallest absolute Gasteiger partial charge is 0.138 e. The molecule has 3 aromatic rings. The molecule has 32 heavy (non-hydrogen) atoms. The van der Waals surface area contributed by atoms with Crippen LogP contribution in [0.4, 0.5) is 4.39 Å². The summed E-state index contributed by atoms with van der Waals surface area (Å²) in [6.45, 7) is 3.39. The average Bonchev–Trinajstić information content (AvgIpc) is 2.80. The Labute approximate surface area is 193 Å². The zero-order chi connectivity index (χ0) is 22.9. The summed E-state index contributed by atoms with van der Waals surface area (Å²) in [5.74, 6) is 0.357. The fourth-order valence-electron chi connectivity index (χ4n) is 4.62. The minimum absolute atomic E-state index is 0.100. The van der Waals surface area contributed by atoms with Gasteiger partial charge < -0.3 is 14.9 Å². The van der Waals surface area contributed by atoms with Crippen molar-refractivity contribution in [2.24, 2.45) is 0 Å². The second-order valence-corrected chi connectivity index (χ2v) is 9.19. The molecule has 4 rings (SSSR count). The van der Waals surface area contributed by atoms with Gasteiger partial charge in [0.25, 0.3) is 0 Å². The second kappa shape index (κ2) is 9.36. The standard InChI is InChI=1S/C26H29ClFNO3/c1-17(25(30)20-5-9-22-19(15-20)6-10-23(32-2)24(22)27)29-13-11-26(31,12-14-29)16-18-3-7-21(28)8-4-18/h3-10,15,17,25,30-31H,11-14,16H2,1-2H3. The highest BCUT2D eigenvalue weighted by Crippen LogP contribution is 2.35. The van der Waals surface area contributed by atoms with Crippen LogP contribution in [0.1, 0.15) is 37.0 Å². The predicted molar refractivity (Wildman–Crippen MR) is 126 cm³/mol. The number of likely N-dealkylation sites (tertiary alicyclic amines) is 1. The number of aliphatic hydroxyl groups excluding tert-OH is 1. The van der Waals surface area contributed by atoms with Crippen molar-refractivity contribution in [3.63, 3.8) is 0 Å². The van der Waals surface area contributed by atoms with Crippen LogP contribution in [0.2, 0.25) is 5.02 Å². The molecule has 3 aromatic carbocycles. The van der Waals surface area contributed by atoms with Crippen LogP contribution in [-0.2, 0) is 6.42 Å². The van der Waals surface area contributed by atoms with Crippen LogP contribution in [0.3, 0.4) is 0 Å². The van der Waals surface area contributed by atoms with Crippen molar-refractivity contribution in [3.8, 4) is 5.75 Å². The largest absolute Gasteiger partial charge is 0.495 e. The molecule has 1 aliphatic heterocycles. The fourth-order valence-corrected chi connectivity index (χ4v) is 4.93. The third kappa shape index (κ3) is 4.76. The Morgan fingerprint density at radius 2 is 1.78 bits per heavy atom. The summed E-state index contributed by atoms with van der Waals surface area (Å²) in [6, 6.07) is 15.8. The molecule has 170 valence electrons. The van der Waals surface area contributed by atoms with Gasteiger partial charge in [0.05, 0.1) is 23.8 Å². The number of hydrogen-bond acceptors (Lipinski definition) is 4. The van der Waals surface area contributed by atoms with Gasteiger partial charge in [-0.25, -0.2) is 4.39 Å². The molecule has 0 aromatic heterocycles. The molecule has 1 aliphatic rings. The van der Waals surface area contributed by atoms with Gasteiger partial charge in [0, 0.05) is 30.9 Å². The highest BCUT2D eigenvalue weighted by Gasteiger charge is 2.35. The molecule has 0 saturated carbocycles. The molecule has 4 nitrogen and oxygen atoms in total. The van der Waals surface area contributed by atoms with Crippen molar-refractivity contribution in [1.29, 1.82) is 0 Å². The van der Waals surface area contributed by atoms with Crippen LogP contribution in [-0.4, -0.2) is 47.0 Å². The second-order valence-electron chi connectivity index (χ2n) is 8.81. The van der Waals surface area contributed by atoms with Crippen molar-refractivity contribution >= 4 is 22.4 Å². The number of ether oxygens (including phenoxy) is 1. The van der Waals surface area contributed by atoms with E-state index in [9.17, 15) is 14.6 Å². The Morgan fingerprint density at radius 1 is 1.09 bits per heavy atom. The quantitative estimate of drug-likeness (QED) is 0.538. The van der Waals surface area contributed by atoms with E-state index in [4.69, 9.17) is 16.3 Å². The Bertz CT molecular complexity index is 1080. The third-order valence-corrected chi connectivity index (χ3v) is 7.10. The number of piperidine rings is 1. The van der Waals surface area contributed by atoms with E-state index in [2.05, 4.69) is 4.90 Å². The summed E-state index contributed by atoms with van der Waals surface area (Å²) in [7, 11) is 1.59.